The van der Waals surface area contributed by atoms with Crippen LogP contribution in [0.2, 0.25) is 0 Å². The minimum atomic E-state index is 1.24. The molecule has 0 heterocycles. The van der Waals surface area contributed by atoms with Crippen LogP contribution in [-0.4, -0.2) is 0 Å². The molecule has 0 fully saturated rings. The van der Waals surface area contributed by atoms with E-state index in [0.29, 0.717) is 0 Å². The van der Waals surface area contributed by atoms with E-state index in [1.54, 1.807) is 0 Å². The molecule has 0 aromatic heterocycles. The molecule has 0 aliphatic heterocycles. The number of aryl methyl sites for hydroxylation is 3. The highest BCUT2D eigenvalue weighted by molar-refractivity contribution is 14.1. The molecule has 0 bridgehead atoms. The Morgan fingerprint density at radius 1 is 0.778 bits per heavy atom. The Labute approximate surface area is 123 Å². The van der Waals surface area contributed by atoms with Crippen LogP contribution in [0.3, 0.4) is 0 Å². The molecule has 0 N–H and O–H groups in total. The van der Waals surface area contributed by atoms with Crippen molar-refractivity contribution in [3.63, 3.8) is 0 Å². The van der Waals surface area contributed by atoms with Gasteiger partial charge >= 0.3 is 0 Å². The standard InChI is InChI=1S/C17H17I/c1-12-4-6-15(7-5-12)8-9-16-10-13(2)17(18)14(3)11-16/h4-11H,1-3H3/b9-8+. The van der Waals surface area contributed by atoms with Crippen LogP contribution in [0.5, 0.6) is 0 Å². The van der Waals surface area contributed by atoms with Gasteiger partial charge in [-0.15, -0.1) is 0 Å². The van der Waals surface area contributed by atoms with E-state index in [-0.39, 0.29) is 0 Å². The second kappa shape index (κ2) is 5.70. The third-order valence-corrected chi connectivity index (χ3v) is 4.71. The quantitative estimate of drug-likeness (QED) is 0.504. The predicted molar refractivity (Wildman–Crippen MR) is 88.7 cm³/mol. The summed E-state index contributed by atoms with van der Waals surface area (Å²) in [7, 11) is 0. The summed E-state index contributed by atoms with van der Waals surface area (Å²) >= 11 is 2.41. The summed E-state index contributed by atoms with van der Waals surface area (Å²) < 4.78 is 1.36. The molecule has 0 aliphatic rings. The van der Waals surface area contributed by atoms with E-state index in [4.69, 9.17) is 0 Å². The lowest BCUT2D eigenvalue weighted by Gasteiger charge is -2.04. The predicted octanol–water partition coefficient (Wildman–Crippen LogP) is 5.39. The SMILES string of the molecule is Cc1ccc(/C=C/c2cc(C)c(I)c(C)c2)cc1. The summed E-state index contributed by atoms with van der Waals surface area (Å²) in [5.41, 5.74) is 6.51. The molecule has 0 radical (unpaired) electrons. The van der Waals surface area contributed by atoms with E-state index < -0.39 is 0 Å². The third-order valence-electron chi connectivity index (χ3n) is 3.00. The lowest BCUT2D eigenvalue weighted by molar-refractivity contribution is 1.33. The fourth-order valence-electron chi connectivity index (χ4n) is 1.95. The molecule has 2 rings (SSSR count). The van der Waals surface area contributed by atoms with E-state index in [2.05, 4.69) is 91.9 Å². The summed E-state index contributed by atoms with van der Waals surface area (Å²) in [5, 5.41) is 0. The molecule has 18 heavy (non-hydrogen) atoms. The van der Waals surface area contributed by atoms with Gasteiger partial charge < -0.3 is 0 Å². The highest BCUT2D eigenvalue weighted by Crippen LogP contribution is 2.20. The van der Waals surface area contributed by atoms with E-state index >= 15 is 0 Å². The maximum Gasteiger partial charge on any atom is 0.0189 e. The third kappa shape index (κ3) is 3.22. The van der Waals surface area contributed by atoms with Crippen LogP contribution in [0.25, 0.3) is 12.2 Å². The van der Waals surface area contributed by atoms with Crippen LogP contribution >= 0.6 is 22.6 Å². The first-order valence-corrected chi connectivity index (χ1v) is 7.15. The summed E-state index contributed by atoms with van der Waals surface area (Å²) in [6.07, 6.45) is 4.35. The van der Waals surface area contributed by atoms with Crippen LogP contribution < -0.4 is 0 Å². The summed E-state index contributed by atoms with van der Waals surface area (Å²) in [6.45, 7) is 6.44. The molecule has 0 saturated heterocycles. The minimum Gasteiger partial charge on any atom is -0.0587 e. The number of rotatable bonds is 2. The molecular weight excluding hydrogens is 331 g/mol. The van der Waals surface area contributed by atoms with E-state index in [1.165, 1.54) is 31.4 Å². The minimum absolute atomic E-state index is 1.24. The first kappa shape index (κ1) is 13.3. The Bertz CT molecular complexity index is 554. The highest BCUT2D eigenvalue weighted by atomic mass is 127. The fraction of sp³-hybridized carbons (Fsp3) is 0.176. The maximum absolute atomic E-state index is 2.41. The molecule has 0 amide bonds. The van der Waals surface area contributed by atoms with Crippen LogP contribution in [0.1, 0.15) is 27.8 Å². The Hall–Kier alpha value is -1.09. The number of hydrogen-bond acceptors (Lipinski definition) is 0. The molecule has 0 aliphatic carbocycles. The monoisotopic (exact) mass is 348 g/mol. The molecule has 0 saturated carbocycles. The highest BCUT2D eigenvalue weighted by Gasteiger charge is 1.99. The first-order valence-electron chi connectivity index (χ1n) is 6.08. The van der Waals surface area contributed by atoms with Crippen LogP contribution in [0, 0.1) is 24.3 Å². The van der Waals surface area contributed by atoms with E-state index in [9.17, 15) is 0 Å². The van der Waals surface area contributed by atoms with Crippen molar-refractivity contribution in [2.24, 2.45) is 0 Å². The van der Waals surface area contributed by atoms with Gasteiger partial charge in [-0.25, -0.2) is 0 Å². The number of hydrogen-bond donors (Lipinski definition) is 0. The zero-order valence-corrected chi connectivity index (χ0v) is 13.2. The van der Waals surface area contributed by atoms with Gasteiger partial charge in [0.15, 0.2) is 0 Å². The Kier molecular flexibility index (Phi) is 4.23. The van der Waals surface area contributed by atoms with Crippen molar-refractivity contribution in [2.45, 2.75) is 20.8 Å². The normalized spacial score (nSPS) is 11.1. The zero-order valence-electron chi connectivity index (χ0n) is 11.0. The van der Waals surface area contributed by atoms with E-state index in [0.717, 1.165) is 0 Å². The van der Waals surface area contributed by atoms with Crippen molar-refractivity contribution in [3.8, 4) is 0 Å². The van der Waals surface area contributed by atoms with Crippen molar-refractivity contribution >= 4 is 34.7 Å². The molecule has 0 nitrogen and oxygen atoms in total. The van der Waals surface area contributed by atoms with Gasteiger partial charge in [-0.05, 0) is 65.6 Å². The second-order valence-corrected chi connectivity index (χ2v) is 5.79. The van der Waals surface area contributed by atoms with Crippen molar-refractivity contribution in [1.29, 1.82) is 0 Å². The van der Waals surface area contributed by atoms with Gasteiger partial charge in [0.1, 0.15) is 0 Å². The molecule has 0 unspecified atom stereocenters. The fourth-order valence-corrected chi connectivity index (χ4v) is 2.26. The number of benzene rings is 2. The van der Waals surface area contributed by atoms with Crippen molar-refractivity contribution in [3.05, 3.63) is 67.8 Å². The van der Waals surface area contributed by atoms with Gasteiger partial charge in [-0.2, -0.15) is 0 Å². The molecule has 1 heteroatoms. The smallest absolute Gasteiger partial charge is 0.0189 e. The maximum atomic E-state index is 2.41. The average molecular weight is 348 g/mol. The van der Waals surface area contributed by atoms with Crippen LogP contribution in [0.15, 0.2) is 36.4 Å². The second-order valence-electron chi connectivity index (χ2n) is 4.71. The van der Waals surface area contributed by atoms with Crippen molar-refractivity contribution < 1.29 is 0 Å². The van der Waals surface area contributed by atoms with Gasteiger partial charge in [0.25, 0.3) is 0 Å². The number of halogens is 1. The van der Waals surface area contributed by atoms with Gasteiger partial charge in [0.2, 0.25) is 0 Å². The molecular formula is C17H17I. The molecule has 0 spiro atoms. The van der Waals surface area contributed by atoms with E-state index in [1.807, 2.05) is 0 Å². The molecule has 92 valence electrons. The van der Waals surface area contributed by atoms with Gasteiger partial charge in [-0.1, -0.05) is 54.1 Å². The van der Waals surface area contributed by atoms with Crippen LogP contribution in [-0.2, 0) is 0 Å². The average Bonchev–Trinajstić information content (AvgIpc) is 2.35. The van der Waals surface area contributed by atoms with Gasteiger partial charge in [0, 0.05) is 3.57 Å². The topological polar surface area (TPSA) is 0 Å². The van der Waals surface area contributed by atoms with Crippen LogP contribution in [0.4, 0.5) is 0 Å². The Balaban J connectivity index is 2.26. The Morgan fingerprint density at radius 3 is 1.83 bits per heavy atom. The lowest BCUT2D eigenvalue weighted by Crippen LogP contribution is -1.87. The van der Waals surface area contributed by atoms with Gasteiger partial charge in [0.05, 0.1) is 0 Å². The Morgan fingerprint density at radius 2 is 1.28 bits per heavy atom. The van der Waals surface area contributed by atoms with Crippen molar-refractivity contribution in [2.75, 3.05) is 0 Å². The molecule has 0 atom stereocenters. The van der Waals surface area contributed by atoms with Gasteiger partial charge in [-0.3, -0.25) is 0 Å². The molecule has 2 aromatic carbocycles. The largest absolute Gasteiger partial charge is 0.0587 e. The van der Waals surface area contributed by atoms with Crippen molar-refractivity contribution in [1.82, 2.24) is 0 Å². The first-order chi connectivity index (χ1) is 8.56. The summed E-state index contributed by atoms with van der Waals surface area (Å²) in [6, 6.07) is 13.1. The summed E-state index contributed by atoms with van der Waals surface area (Å²) in [4.78, 5) is 0. The molecule has 2 aromatic rings. The summed E-state index contributed by atoms with van der Waals surface area (Å²) in [5.74, 6) is 0. The lowest BCUT2D eigenvalue weighted by atomic mass is 10.1. The zero-order chi connectivity index (χ0) is 13.1.